The van der Waals surface area contributed by atoms with E-state index in [2.05, 4.69) is 37.0 Å². The minimum atomic E-state index is 1.13. The lowest BCUT2D eigenvalue weighted by molar-refractivity contribution is 0.904. The van der Waals surface area contributed by atoms with E-state index in [-0.39, 0.29) is 0 Å². The van der Waals surface area contributed by atoms with Gasteiger partial charge in [0, 0.05) is 17.1 Å². The van der Waals surface area contributed by atoms with Gasteiger partial charge in [-0.3, -0.25) is 0 Å². The van der Waals surface area contributed by atoms with Gasteiger partial charge in [0.2, 0.25) is 0 Å². The highest BCUT2D eigenvalue weighted by molar-refractivity contribution is 5.84. The molecule has 1 aromatic carbocycles. The predicted molar refractivity (Wildman–Crippen MR) is 61.7 cm³/mol. The van der Waals surface area contributed by atoms with Crippen LogP contribution in [0.3, 0.4) is 0 Å². The normalized spacial score (nSPS) is 11.0. The smallest absolute Gasteiger partial charge is 0.0456 e. The molecule has 0 aliphatic rings. The molecular formula is C13H17N. The van der Waals surface area contributed by atoms with Crippen LogP contribution in [0.4, 0.5) is 0 Å². The largest absolute Gasteiger partial charge is 0.361 e. The molecular weight excluding hydrogens is 170 g/mol. The third-order valence-electron chi connectivity index (χ3n) is 2.82. The van der Waals surface area contributed by atoms with Crippen molar-refractivity contribution in [1.29, 1.82) is 0 Å². The summed E-state index contributed by atoms with van der Waals surface area (Å²) in [6, 6.07) is 6.65. The lowest BCUT2D eigenvalue weighted by Crippen LogP contribution is -1.92. The zero-order valence-electron chi connectivity index (χ0n) is 8.93. The van der Waals surface area contributed by atoms with Crippen molar-refractivity contribution in [2.75, 3.05) is 0 Å². The van der Waals surface area contributed by atoms with Gasteiger partial charge in [-0.05, 0) is 36.1 Å². The first-order valence-corrected chi connectivity index (χ1v) is 5.44. The van der Waals surface area contributed by atoms with Crippen LogP contribution in [-0.2, 0) is 12.8 Å². The Morgan fingerprint density at radius 2 is 2.00 bits per heavy atom. The highest BCUT2D eigenvalue weighted by atomic mass is 14.7. The van der Waals surface area contributed by atoms with E-state index in [1.54, 1.807) is 0 Å². The monoisotopic (exact) mass is 187 g/mol. The number of nitrogens with one attached hydrogen (secondary N) is 1. The molecule has 0 fully saturated rings. The lowest BCUT2D eigenvalue weighted by Gasteiger charge is -2.07. The fraction of sp³-hybridized carbons (Fsp3) is 0.385. The minimum Gasteiger partial charge on any atom is -0.361 e. The first-order valence-electron chi connectivity index (χ1n) is 5.44. The second kappa shape index (κ2) is 3.87. The van der Waals surface area contributed by atoms with Gasteiger partial charge in [0.25, 0.3) is 0 Å². The Balaban J connectivity index is 2.60. The topological polar surface area (TPSA) is 15.8 Å². The lowest BCUT2D eigenvalue weighted by atomic mass is 9.98. The van der Waals surface area contributed by atoms with Gasteiger partial charge < -0.3 is 4.98 Å². The Morgan fingerprint density at radius 1 is 1.14 bits per heavy atom. The Kier molecular flexibility index (Phi) is 2.58. The molecule has 0 spiro atoms. The highest BCUT2D eigenvalue weighted by Gasteiger charge is 2.05. The maximum absolute atomic E-state index is 3.26. The van der Waals surface area contributed by atoms with Gasteiger partial charge in [0.05, 0.1) is 0 Å². The molecule has 2 rings (SSSR count). The SMILES string of the molecule is CCCc1ccc2[nH]ccc2c1CC. The fourth-order valence-electron chi connectivity index (χ4n) is 2.16. The zero-order valence-corrected chi connectivity index (χ0v) is 8.93. The average Bonchev–Trinajstić information content (AvgIpc) is 2.66. The molecule has 74 valence electrons. The van der Waals surface area contributed by atoms with E-state index in [1.165, 1.54) is 34.9 Å². The summed E-state index contributed by atoms with van der Waals surface area (Å²) < 4.78 is 0. The van der Waals surface area contributed by atoms with E-state index in [9.17, 15) is 0 Å². The van der Waals surface area contributed by atoms with E-state index in [0.717, 1.165) is 6.42 Å². The van der Waals surface area contributed by atoms with Gasteiger partial charge in [0.1, 0.15) is 0 Å². The third kappa shape index (κ3) is 1.43. The van der Waals surface area contributed by atoms with Crippen molar-refractivity contribution in [1.82, 2.24) is 4.98 Å². The maximum atomic E-state index is 3.26. The van der Waals surface area contributed by atoms with Gasteiger partial charge in [-0.1, -0.05) is 26.3 Å². The number of hydrogen-bond donors (Lipinski definition) is 1. The van der Waals surface area contributed by atoms with Gasteiger partial charge in [-0.2, -0.15) is 0 Å². The van der Waals surface area contributed by atoms with E-state index in [0.29, 0.717) is 0 Å². The first-order chi connectivity index (χ1) is 6.86. The van der Waals surface area contributed by atoms with E-state index in [1.807, 2.05) is 6.20 Å². The molecule has 1 aromatic heterocycles. The Morgan fingerprint density at radius 3 is 2.71 bits per heavy atom. The van der Waals surface area contributed by atoms with E-state index in [4.69, 9.17) is 0 Å². The second-order valence-corrected chi connectivity index (χ2v) is 3.75. The van der Waals surface area contributed by atoms with Crippen molar-refractivity contribution in [3.8, 4) is 0 Å². The number of H-pyrrole nitrogens is 1. The molecule has 14 heavy (non-hydrogen) atoms. The summed E-state index contributed by atoms with van der Waals surface area (Å²) in [5.74, 6) is 0. The Bertz CT molecular complexity index is 426. The Labute approximate surface area is 85.1 Å². The standard InChI is InChI=1S/C13H17N/c1-3-5-10-6-7-13-12(8-9-14-13)11(10)4-2/h6-9,14H,3-5H2,1-2H3. The van der Waals surface area contributed by atoms with Crippen molar-refractivity contribution in [3.63, 3.8) is 0 Å². The summed E-state index contributed by atoms with van der Waals surface area (Å²) in [5.41, 5.74) is 4.30. The summed E-state index contributed by atoms with van der Waals surface area (Å²) in [6.07, 6.45) is 5.58. The van der Waals surface area contributed by atoms with Gasteiger partial charge >= 0.3 is 0 Å². The Hall–Kier alpha value is -1.24. The molecule has 0 aliphatic heterocycles. The fourth-order valence-corrected chi connectivity index (χ4v) is 2.16. The van der Waals surface area contributed by atoms with Crippen LogP contribution in [0.2, 0.25) is 0 Å². The van der Waals surface area contributed by atoms with Crippen LogP contribution in [0.15, 0.2) is 24.4 Å². The molecule has 1 heteroatoms. The van der Waals surface area contributed by atoms with Crippen molar-refractivity contribution < 1.29 is 0 Å². The number of rotatable bonds is 3. The molecule has 0 atom stereocenters. The van der Waals surface area contributed by atoms with Gasteiger partial charge in [0.15, 0.2) is 0 Å². The summed E-state index contributed by atoms with van der Waals surface area (Å²) in [4.78, 5) is 3.26. The number of aromatic amines is 1. The van der Waals surface area contributed by atoms with Crippen molar-refractivity contribution in [2.24, 2.45) is 0 Å². The maximum Gasteiger partial charge on any atom is 0.0456 e. The second-order valence-electron chi connectivity index (χ2n) is 3.75. The summed E-state index contributed by atoms with van der Waals surface area (Å²) in [6.45, 7) is 4.47. The summed E-state index contributed by atoms with van der Waals surface area (Å²) in [7, 11) is 0. The zero-order chi connectivity index (χ0) is 9.97. The van der Waals surface area contributed by atoms with E-state index < -0.39 is 0 Å². The van der Waals surface area contributed by atoms with Crippen molar-refractivity contribution in [3.05, 3.63) is 35.5 Å². The number of fused-ring (bicyclic) bond motifs is 1. The van der Waals surface area contributed by atoms with Crippen LogP contribution < -0.4 is 0 Å². The van der Waals surface area contributed by atoms with Crippen LogP contribution in [-0.4, -0.2) is 4.98 Å². The third-order valence-corrected chi connectivity index (χ3v) is 2.82. The van der Waals surface area contributed by atoms with Crippen LogP contribution >= 0.6 is 0 Å². The van der Waals surface area contributed by atoms with Gasteiger partial charge in [-0.15, -0.1) is 0 Å². The molecule has 0 bridgehead atoms. The first kappa shape index (κ1) is 9.32. The number of hydrogen-bond acceptors (Lipinski definition) is 0. The van der Waals surface area contributed by atoms with Crippen LogP contribution in [0.25, 0.3) is 10.9 Å². The number of benzene rings is 1. The molecule has 0 radical (unpaired) electrons. The molecule has 0 aliphatic carbocycles. The molecule has 0 saturated carbocycles. The minimum absolute atomic E-state index is 1.13. The van der Waals surface area contributed by atoms with Crippen molar-refractivity contribution >= 4 is 10.9 Å². The summed E-state index contributed by atoms with van der Waals surface area (Å²) >= 11 is 0. The molecule has 1 nitrogen and oxygen atoms in total. The average molecular weight is 187 g/mol. The molecule has 1 N–H and O–H groups in total. The van der Waals surface area contributed by atoms with E-state index >= 15 is 0 Å². The molecule has 0 saturated heterocycles. The van der Waals surface area contributed by atoms with Crippen LogP contribution in [0.1, 0.15) is 31.4 Å². The number of aromatic nitrogens is 1. The molecule has 2 aromatic rings. The molecule has 1 heterocycles. The predicted octanol–water partition coefficient (Wildman–Crippen LogP) is 3.68. The van der Waals surface area contributed by atoms with Crippen molar-refractivity contribution in [2.45, 2.75) is 33.1 Å². The quantitative estimate of drug-likeness (QED) is 0.754. The number of aryl methyl sites for hydroxylation is 2. The highest BCUT2D eigenvalue weighted by Crippen LogP contribution is 2.23. The van der Waals surface area contributed by atoms with Crippen LogP contribution in [0, 0.1) is 0 Å². The summed E-state index contributed by atoms with van der Waals surface area (Å²) in [5, 5.41) is 1.40. The van der Waals surface area contributed by atoms with Crippen LogP contribution in [0.5, 0.6) is 0 Å². The van der Waals surface area contributed by atoms with Gasteiger partial charge in [-0.25, -0.2) is 0 Å². The molecule has 0 amide bonds. The molecule has 0 unspecified atom stereocenters.